The number of methoxy groups -OCH3 is 1. The first-order valence-electron chi connectivity index (χ1n) is 2.85. The molecular weight excluding hydrogens is 210 g/mol. The molecule has 0 aromatic carbocycles. The summed E-state index contributed by atoms with van der Waals surface area (Å²) in [7, 11) is 0.633. The first-order chi connectivity index (χ1) is 6.31. The van der Waals surface area contributed by atoms with Crippen molar-refractivity contribution in [3.05, 3.63) is 20.2 Å². The number of nitrogens with one attached hydrogen (secondary N) is 1. The molecule has 0 radical (unpaired) electrons. The van der Waals surface area contributed by atoms with Crippen LogP contribution in [0.5, 0.6) is 0 Å². The third-order valence-electron chi connectivity index (χ3n) is 1.25. The van der Waals surface area contributed by atoms with E-state index in [0.717, 1.165) is 0 Å². The lowest BCUT2D eigenvalue weighted by Gasteiger charge is -2.14. The summed E-state index contributed by atoms with van der Waals surface area (Å²) >= 11 is 0. The van der Waals surface area contributed by atoms with Crippen LogP contribution < -0.4 is 0 Å². The van der Waals surface area contributed by atoms with Gasteiger partial charge in [-0.3, -0.25) is 25.6 Å². The van der Waals surface area contributed by atoms with Crippen molar-refractivity contribution in [2.45, 2.75) is 5.79 Å². The van der Waals surface area contributed by atoms with E-state index in [-0.39, 0.29) is 0 Å². The van der Waals surface area contributed by atoms with E-state index in [9.17, 15) is 29.2 Å². The highest BCUT2D eigenvalue weighted by Gasteiger charge is 2.72. The number of hydrogen-bond donors (Lipinski definition) is 1. The molecule has 0 unspecified atom stereocenters. The largest absolute Gasteiger partial charge is 0.651 e. The Kier molecular flexibility index (Phi) is 3.34. The molecule has 0 bridgehead atoms. The van der Waals surface area contributed by atoms with Crippen LogP contribution in [0.3, 0.4) is 0 Å². The lowest BCUT2D eigenvalue weighted by atomic mass is 10.4. The molecule has 0 fully saturated rings. The zero-order chi connectivity index (χ0) is 11.5. The van der Waals surface area contributed by atoms with E-state index in [1.165, 1.54) is 0 Å². The van der Waals surface area contributed by atoms with Crippen molar-refractivity contribution < 1.29 is 23.5 Å². The molecule has 11 heteroatoms. The predicted octanol–water partition coefficient (Wildman–Crippen LogP) is -0.112. The summed E-state index contributed by atoms with van der Waals surface area (Å²) in [6, 6.07) is 0. The summed E-state index contributed by atoms with van der Waals surface area (Å²) in [6.45, 7) is 0. The molecule has 0 aliphatic carbocycles. The third-order valence-corrected chi connectivity index (χ3v) is 1.25. The quantitative estimate of drug-likeness (QED) is 0.174. The van der Waals surface area contributed by atoms with Crippen LogP contribution in [0, 0.1) is 25.6 Å². The van der Waals surface area contributed by atoms with Gasteiger partial charge in [0.25, 0.3) is 0 Å². The maximum Gasteiger partial charge on any atom is 0.651 e. The van der Waals surface area contributed by atoms with Crippen LogP contribution in [-0.2, 0) is 4.74 Å². The number of hydrogen-bond acceptors (Lipinski definition) is 7. The lowest BCUT2D eigenvalue weighted by molar-refractivity contribution is -0.825. The normalized spacial score (nSPS) is 11.1. The van der Waals surface area contributed by atoms with Gasteiger partial charge in [-0.2, -0.15) is 0 Å². The summed E-state index contributed by atoms with van der Waals surface area (Å²) in [6.07, 6.45) is 0. The van der Waals surface area contributed by atoms with Crippen molar-refractivity contribution in [1.82, 2.24) is 5.34 Å². The van der Waals surface area contributed by atoms with Crippen molar-refractivity contribution in [2.24, 2.45) is 0 Å². The van der Waals surface area contributed by atoms with E-state index in [1.54, 1.807) is 0 Å². The molecule has 80 valence electrons. The molecule has 0 aromatic heterocycles. The van der Waals surface area contributed by atoms with Crippen LogP contribution in [0.1, 0.15) is 0 Å². The molecular formula is C3H4F2N4O5. The van der Waals surface area contributed by atoms with Gasteiger partial charge >= 0.3 is 11.7 Å². The molecule has 0 rings (SSSR count). The van der Waals surface area contributed by atoms with E-state index in [1.807, 2.05) is 0 Å². The fourth-order valence-corrected chi connectivity index (χ4v) is 0.570. The Morgan fingerprint density at radius 1 is 1.43 bits per heavy atom. The summed E-state index contributed by atoms with van der Waals surface area (Å²) in [5.41, 5.74) is 0. The molecule has 0 aromatic rings. The second-order valence-electron chi connectivity index (χ2n) is 1.92. The molecule has 0 atom stereocenters. The number of rotatable bonds is 4. The van der Waals surface area contributed by atoms with Crippen LogP contribution in [0.15, 0.2) is 0 Å². The minimum absolute atomic E-state index is 0.633. The topological polar surface area (TPSA) is 123 Å². The zero-order valence-electron chi connectivity index (χ0n) is 6.64. The van der Waals surface area contributed by atoms with E-state index < -0.39 is 26.9 Å². The summed E-state index contributed by atoms with van der Waals surface area (Å²) in [5.74, 6) is -5.98. The van der Waals surface area contributed by atoms with E-state index in [2.05, 4.69) is 4.74 Å². The Hall–Kier alpha value is -1.91. The third kappa shape index (κ3) is 1.44. The summed E-state index contributed by atoms with van der Waals surface area (Å²) in [5, 5.41) is 24.6. The maximum absolute atomic E-state index is 12.0. The Morgan fingerprint density at radius 3 is 1.86 bits per heavy atom. The monoisotopic (exact) mass is 214 g/mol. The lowest BCUT2D eigenvalue weighted by Crippen LogP contribution is -2.60. The molecule has 0 saturated heterocycles. The SMILES string of the molecule is COC(=N)C(N(F)F)([N+](=O)[O-])[N+](=O)[O-]. The average Bonchev–Trinajstić information content (AvgIpc) is 2.02. The number of nitro groups is 2. The van der Waals surface area contributed by atoms with Gasteiger partial charge in [-0.1, -0.05) is 8.96 Å². The molecule has 0 aliphatic rings. The molecule has 14 heavy (non-hydrogen) atoms. The summed E-state index contributed by atoms with van der Waals surface area (Å²) in [4.78, 5) is 16.4. The Labute approximate surface area is 74.5 Å². The van der Waals surface area contributed by atoms with Crippen LogP contribution in [0.25, 0.3) is 0 Å². The molecule has 0 spiro atoms. The molecule has 0 saturated carbocycles. The fraction of sp³-hybridized carbons (Fsp3) is 0.667. The van der Waals surface area contributed by atoms with Crippen LogP contribution in [0.2, 0.25) is 0 Å². The highest BCUT2D eigenvalue weighted by molar-refractivity contribution is 5.79. The van der Waals surface area contributed by atoms with Gasteiger partial charge in [0.1, 0.15) is 9.85 Å². The second kappa shape index (κ2) is 3.87. The molecule has 0 aliphatic heterocycles. The predicted molar refractivity (Wildman–Crippen MR) is 35.5 cm³/mol. The second-order valence-corrected chi connectivity index (χ2v) is 1.92. The van der Waals surface area contributed by atoms with Crippen molar-refractivity contribution in [3.8, 4) is 0 Å². The zero-order valence-corrected chi connectivity index (χ0v) is 6.64. The van der Waals surface area contributed by atoms with Gasteiger partial charge in [0.15, 0.2) is 5.34 Å². The highest BCUT2D eigenvalue weighted by Crippen LogP contribution is 2.20. The fourth-order valence-electron chi connectivity index (χ4n) is 0.570. The number of halogens is 2. The van der Waals surface area contributed by atoms with E-state index in [0.29, 0.717) is 7.11 Å². The van der Waals surface area contributed by atoms with Crippen molar-refractivity contribution in [2.75, 3.05) is 7.11 Å². The minimum atomic E-state index is -4.19. The number of ether oxygens (including phenoxy) is 1. The Bertz CT molecular complexity index is 266. The average molecular weight is 214 g/mol. The Morgan fingerprint density at radius 2 is 1.79 bits per heavy atom. The van der Waals surface area contributed by atoms with Crippen LogP contribution in [-0.4, -0.2) is 34.0 Å². The van der Waals surface area contributed by atoms with Crippen LogP contribution >= 0.6 is 0 Å². The van der Waals surface area contributed by atoms with Gasteiger partial charge in [-0.15, -0.1) is 0 Å². The van der Waals surface area contributed by atoms with Gasteiger partial charge in [-0.05, 0) is 0 Å². The molecule has 9 nitrogen and oxygen atoms in total. The molecule has 0 amide bonds. The van der Waals surface area contributed by atoms with Crippen molar-refractivity contribution in [1.29, 1.82) is 5.41 Å². The van der Waals surface area contributed by atoms with Crippen LogP contribution in [0.4, 0.5) is 8.96 Å². The first-order valence-corrected chi connectivity index (χ1v) is 2.85. The van der Waals surface area contributed by atoms with Gasteiger partial charge in [0.2, 0.25) is 0 Å². The number of nitrogens with zero attached hydrogens (tertiary/aromatic N) is 3. The van der Waals surface area contributed by atoms with Crippen molar-refractivity contribution >= 4 is 5.90 Å². The summed E-state index contributed by atoms with van der Waals surface area (Å²) < 4.78 is 27.8. The highest BCUT2D eigenvalue weighted by atomic mass is 19.4. The first kappa shape index (κ1) is 12.1. The van der Waals surface area contributed by atoms with Gasteiger partial charge in [-0.25, -0.2) is 0 Å². The minimum Gasteiger partial charge on any atom is -0.472 e. The maximum atomic E-state index is 12.0. The Balaban J connectivity index is 5.51. The van der Waals surface area contributed by atoms with E-state index >= 15 is 0 Å². The molecule has 1 N–H and O–H groups in total. The smallest absolute Gasteiger partial charge is 0.472 e. The molecule has 0 heterocycles. The van der Waals surface area contributed by atoms with Gasteiger partial charge in [0, 0.05) is 0 Å². The standard InChI is InChI=1S/C3H4F2N4O5/c1-14-2(6)3(7(4)5,8(10)11)9(12)13/h6H,1H3. The van der Waals surface area contributed by atoms with Crippen molar-refractivity contribution in [3.63, 3.8) is 0 Å². The van der Waals surface area contributed by atoms with Gasteiger partial charge < -0.3 is 4.74 Å². The van der Waals surface area contributed by atoms with Gasteiger partial charge in [0.05, 0.1) is 7.11 Å². The van der Waals surface area contributed by atoms with E-state index in [4.69, 9.17) is 5.41 Å².